The van der Waals surface area contributed by atoms with Gasteiger partial charge in [0.25, 0.3) is 0 Å². The molecule has 5 nitrogen and oxygen atoms in total. The van der Waals surface area contributed by atoms with Crippen LogP contribution in [0.1, 0.15) is 25.6 Å². The second kappa shape index (κ2) is 5.52. The number of hydrogen-bond donors (Lipinski definition) is 1. The van der Waals surface area contributed by atoms with Gasteiger partial charge in [0.1, 0.15) is 22.8 Å². The van der Waals surface area contributed by atoms with E-state index < -0.39 is 0 Å². The van der Waals surface area contributed by atoms with Gasteiger partial charge in [-0.05, 0) is 12.8 Å². The van der Waals surface area contributed by atoms with Crippen LogP contribution in [0.15, 0.2) is 6.07 Å². The molecule has 0 aliphatic carbocycles. The Morgan fingerprint density at radius 2 is 2.39 bits per heavy atom. The fraction of sp³-hybridized carbons (Fsp3) is 0.583. The molecule has 1 aromatic rings. The van der Waals surface area contributed by atoms with Gasteiger partial charge in [-0.1, -0.05) is 18.5 Å². The molecule has 1 aromatic heterocycles. The van der Waals surface area contributed by atoms with Crippen LogP contribution < -0.4 is 10.2 Å². The zero-order chi connectivity index (χ0) is 13.1. The highest BCUT2D eigenvalue weighted by atomic mass is 35.5. The van der Waals surface area contributed by atoms with Gasteiger partial charge in [0.2, 0.25) is 5.91 Å². The van der Waals surface area contributed by atoms with Crippen LogP contribution in [0.2, 0.25) is 5.15 Å². The third-order valence-electron chi connectivity index (χ3n) is 3.14. The van der Waals surface area contributed by atoms with Crippen LogP contribution >= 0.6 is 11.6 Å². The van der Waals surface area contributed by atoms with Crippen molar-refractivity contribution >= 4 is 23.3 Å². The largest absolute Gasteiger partial charge is 0.357 e. The van der Waals surface area contributed by atoms with E-state index in [0.29, 0.717) is 11.0 Å². The predicted octanol–water partition coefficient (Wildman–Crippen LogP) is 1.41. The van der Waals surface area contributed by atoms with Crippen molar-refractivity contribution in [2.75, 3.05) is 18.5 Å². The van der Waals surface area contributed by atoms with Crippen LogP contribution in [-0.2, 0) is 11.2 Å². The molecule has 1 atom stereocenters. The number of aryl methyl sites for hydroxylation is 1. The third kappa shape index (κ3) is 2.56. The summed E-state index contributed by atoms with van der Waals surface area (Å²) in [5.74, 6) is 1.48. The van der Waals surface area contributed by atoms with E-state index in [1.54, 1.807) is 13.1 Å². The molecule has 0 saturated carbocycles. The van der Waals surface area contributed by atoms with Gasteiger partial charge in [0, 0.05) is 26.1 Å². The molecule has 1 aliphatic rings. The Bertz CT molecular complexity index is 452. The Hall–Kier alpha value is -1.36. The van der Waals surface area contributed by atoms with Gasteiger partial charge in [0.05, 0.1) is 0 Å². The molecule has 1 aliphatic heterocycles. The first-order chi connectivity index (χ1) is 8.65. The molecular weight excluding hydrogens is 252 g/mol. The molecule has 1 unspecified atom stereocenters. The molecule has 1 fully saturated rings. The number of nitrogens with zero attached hydrogens (tertiary/aromatic N) is 3. The summed E-state index contributed by atoms with van der Waals surface area (Å²) in [6.07, 6.45) is 2.57. The summed E-state index contributed by atoms with van der Waals surface area (Å²) in [5, 5.41) is 3.12. The number of amides is 1. The number of carbonyl (C=O) groups is 1. The third-order valence-corrected chi connectivity index (χ3v) is 3.33. The quantitative estimate of drug-likeness (QED) is 0.842. The van der Waals surface area contributed by atoms with Gasteiger partial charge in [-0.25, -0.2) is 9.97 Å². The molecule has 0 spiro atoms. The van der Waals surface area contributed by atoms with Gasteiger partial charge in [-0.3, -0.25) is 4.79 Å². The molecule has 2 heterocycles. The zero-order valence-corrected chi connectivity index (χ0v) is 11.4. The van der Waals surface area contributed by atoms with E-state index >= 15 is 0 Å². The molecule has 1 saturated heterocycles. The van der Waals surface area contributed by atoms with Crippen LogP contribution in [-0.4, -0.2) is 35.5 Å². The molecule has 2 rings (SSSR count). The Morgan fingerprint density at radius 3 is 3.06 bits per heavy atom. The van der Waals surface area contributed by atoms with Crippen LogP contribution in [0.5, 0.6) is 0 Å². The van der Waals surface area contributed by atoms with Crippen molar-refractivity contribution in [2.24, 2.45) is 0 Å². The van der Waals surface area contributed by atoms with Crippen molar-refractivity contribution in [2.45, 2.75) is 32.2 Å². The second-order valence-electron chi connectivity index (χ2n) is 4.28. The Morgan fingerprint density at radius 1 is 1.61 bits per heavy atom. The van der Waals surface area contributed by atoms with Crippen molar-refractivity contribution in [3.8, 4) is 0 Å². The molecule has 6 heteroatoms. The van der Waals surface area contributed by atoms with E-state index in [1.165, 1.54) is 0 Å². The fourth-order valence-corrected chi connectivity index (χ4v) is 2.43. The highest BCUT2D eigenvalue weighted by Gasteiger charge is 2.31. The lowest BCUT2D eigenvalue weighted by Gasteiger charge is -2.24. The minimum Gasteiger partial charge on any atom is -0.357 e. The van der Waals surface area contributed by atoms with Gasteiger partial charge in [0.15, 0.2) is 0 Å². The van der Waals surface area contributed by atoms with E-state index in [1.807, 2.05) is 11.8 Å². The van der Waals surface area contributed by atoms with Crippen LogP contribution in [0.3, 0.4) is 0 Å². The number of rotatable bonds is 3. The van der Waals surface area contributed by atoms with Gasteiger partial charge in [-0.15, -0.1) is 0 Å². The Balaban J connectivity index is 2.29. The maximum absolute atomic E-state index is 11.8. The van der Waals surface area contributed by atoms with Gasteiger partial charge >= 0.3 is 0 Å². The SMILES string of the molecule is CCc1nc(Cl)cc(N2CCCC2C(=O)NC)n1. The fourth-order valence-electron chi connectivity index (χ4n) is 2.24. The summed E-state index contributed by atoms with van der Waals surface area (Å²) in [6.45, 7) is 2.81. The first kappa shape index (κ1) is 13.1. The van der Waals surface area contributed by atoms with Gasteiger partial charge in [-0.2, -0.15) is 0 Å². The molecule has 0 bridgehead atoms. The van der Waals surface area contributed by atoms with E-state index in [2.05, 4.69) is 15.3 Å². The van der Waals surface area contributed by atoms with E-state index in [0.717, 1.165) is 31.6 Å². The number of carbonyl (C=O) groups excluding carboxylic acids is 1. The molecule has 0 aromatic carbocycles. The summed E-state index contributed by atoms with van der Waals surface area (Å²) in [6, 6.07) is 1.58. The lowest BCUT2D eigenvalue weighted by molar-refractivity contribution is -0.121. The van der Waals surface area contributed by atoms with Crippen molar-refractivity contribution in [3.05, 3.63) is 17.0 Å². The average Bonchev–Trinajstić information content (AvgIpc) is 2.86. The number of hydrogen-bond acceptors (Lipinski definition) is 4. The first-order valence-electron chi connectivity index (χ1n) is 6.17. The molecule has 1 amide bonds. The lowest BCUT2D eigenvalue weighted by atomic mass is 10.2. The first-order valence-corrected chi connectivity index (χ1v) is 6.55. The Labute approximate surface area is 112 Å². The topological polar surface area (TPSA) is 58.1 Å². The maximum Gasteiger partial charge on any atom is 0.242 e. The highest BCUT2D eigenvalue weighted by molar-refractivity contribution is 6.29. The molecule has 1 N–H and O–H groups in total. The number of likely N-dealkylation sites (N-methyl/N-ethyl adjacent to an activating group) is 1. The Kier molecular flexibility index (Phi) is 4.01. The summed E-state index contributed by atoms with van der Waals surface area (Å²) in [7, 11) is 1.66. The minimum atomic E-state index is -0.148. The number of anilines is 1. The van der Waals surface area contributed by atoms with Crippen LogP contribution in [0, 0.1) is 0 Å². The summed E-state index contributed by atoms with van der Waals surface area (Å²) >= 11 is 5.99. The number of aromatic nitrogens is 2. The summed E-state index contributed by atoms with van der Waals surface area (Å²) in [5.41, 5.74) is 0. The normalized spacial score (nSPS) is 19.1. The number of nitrogens with one attached hydrogen (secondary N) is 1. The minimum absolute atomic E-state index is 0.0280. The predicted molar refractivity (Wildman–Crippen MR) is 70.9 cm³/mol. The van der Waals surface area contributed by atoms with E-state index in [9.17, 15) is 4.79 Å². The molecule has 18 heavy (non-hydrogen) atoms. The molecule has 98 valence electrons. The monoisotopic (exact) mass is 268 g/mol. The van der Waals surface area contributed by atoms with Crippen molar-refractivity contribution in [3.63, 3.8) is 0 Å². The average molecular weight is 269 g/mol. The van der Waals surface area contributed by atoms with E-state index in [4.69, 9.17) is 11.6 Å². The lowest BCUT2D eigenvalue weighted by Crippen LogP contribution is -2.42. The van der Waals surface area contributed by atoms with Crippen LogP contribution in [0.4, 0.5) is 5.82 Å². The smallest absolute Gasteiger partial charge is 0.242 e. The summed E-state index contributed by atoms with van der Waals surface area (Å²) in [4.78, 5) is 22.4. The van der Waals surface area contributed by atoms with Crippen LogP contribution in [0.25, 0.3) is 0 Å². The molecular formula is C12H17ClN4O. The maximum atomic E-state index is 11.8. The highest BCUT2D eigenvalue weighted by Crippen LogP contribution is 2.25. The zero-order valence-electron chi connectivity index (χ0n) is 10.6. The number of halogens is 1. The van der Waals surface area contributed by atoms with Gasteiger partial charge < -0.3 is 10.2 Å². The molecule has 0 radical (unpaired) electrons. The second-order valence-corrected chi connectivity index (χ2v) is 4.67. The van der Waals surface area contributed by atoms with E-state index in [-0.39, 0.29) is 11.9 Å². The van der Waals surface area contributed by atoms with Crippen molar-refractivity contribution < 1.29 is 4.79 Å². The van der Waals surface area contributed by atoms with Crippen molar-refractivity contribution in [1.82, 2.24) is 15.3 Å². The summed E-state index contributed by atoms with van der Waals surface area (Å²) < 4.78 is 0. The standard InChI is InChI=1S/C12H17ClN4O/c1-3-10-15-9(13)7-11(16-10)17-6-4-5-8(17)12(18)14-2/h7-8H,3-6H2,1-2H3,(H,14,18). The van der Waals surface area contributed by atoms with Crippen molar-refractivity contribution in [1.29, 1.82) is 0 Å².